The van der Waals surface area contributed by atoms with E-state index in [1.54, 1.807) is 12.4 Å². The number of rotatable bonds is 6. The molecule has 31 heavy (non-hydrogen) atoms. The first-order chi connectivity index (χ1) is 15.1. The first-order valence-electron chi connectivity index (χ1n) is 10.9. The molecule has 2 fully saturated rings. The largest absolute Gasteiger partial charge is 0.368 e. The highest BCUT2D eigenvalue weighted by atomic mass is 16.5. The molecule has 1 aliphatic heterocycles. The minimum Gasteiger partial charge on any atom is -0.368 e. The molecule has 1 aromatic carbocycles. The Kier molecular flexibility index (Phi) is 4.11. The molecule has 8 heteroatoms. The highest BCUT2D eigenvalue weighted by Crippen LogP contribution is 2.50. The number of aromatic nitrogens is 4. The fraction of sp³-hybridized carbons (Fsp3) is 0.391. The molecule has 3 aromatic rings. The molecule has 1 atom stereocenters. The molecule has 0 amide bonds. The number of nitrogens with two attached hydrogens (primary N) is 1. The van der Waals surface area contributed by atoms with E-state index < -0.39 is 0 Å². The van der Waals surface area contributed by atoms with Crippen LogP contribution in [0.25, 0.3) is 16.7 Å². The van der Waals surface area contributed by atoms with Gasteiger partial charge < -0.3 is 15.3 Å². The number of anilines is 1. The van der Waals surface area contributed by atoms with Gasteiger partial charge in [-0.2, -0.15) is 4.98 Å². The lowest BCUT2D eigenvalue weighted by Crippen LogP contribution is -2.30. The van der Waals surface area contributed by atoms with Crippen molar-refractivity contribution in [2.45, 2.75) is 44.1 Å². The molecule has 3 heterocycles. The van der Waals surface area contributed by atoms with Crippen molar-refractivity contribution in [2.75, 3.05) is 12.3 Å². The Morgan fingerprint density at radius 2 is 1.81 bits per heavy atom. The van der Waals surface area contributed by atoms with Crippen molar-refractivity contribution >= 4 is 11.5 Å². The summed E-state index contributed by atoms with van der Waals surface area (Å²) in [6, 6.07) is 9.13. The minimum atomic E-state index is -0.277. The van der Waals surface area contributed by atoms with Crippen molar-refractivity contribution in [3.63, 3.8) is 0 Å². The summed E-state index contributed by atoms with van der Waals surface area (Å²) in [5.74, 6) is 2.18. The van der Waals surface area contributed by atoms with Crippen LogP contribution in [-0.4, -0.2) is 37.7 Å². The topological polar surface area (TPSA) is 106 Å². The van der Waals surface area contributed by atoms with Crippen molar-refractivity contribution < 1.29 is 4.52 Å². The molecule has 3 N–H and O–H groups in total. The molecule has 2 aliphatic carbocycles. The van der Waals surface area contributed by atoms with Gasteiger partial charge in [-0.1, -0.05) is 29.4 Å². The molecule has 2 saturated carbocycles. The van der Waals surface area contributed by atoms with Gasteiger partial charge in [-0.15, -0.1) is 0 Å². The normalized spacial score (nSPS) is 20.5. The van der Waals surface area contributed by atoms with Crippen LogP contribution in [0.4, 0.5) is 5.95 Å². The lowest BCUT2D eigenvalue weighted by molar-refractivity contribution is 0.296. The summed E-state index contributed by atoms with van der Waals surface area (Å²) in [6.45, 7) is 2.97. The summed E-state index contributed by atoms with van der Waals surface area (Å²) in [7, 11) is 0. The van der Waals surface area contributed by atoms with Gasteiger partial charge >= 0.3 is 0 Å². The van der Waals surface area contributed by atoms with Crippen LogP contribution in [-0.2, 0) is 5.41 Å². The number of nitrogen functional groups attached to an aromatic ring is 1. The predicted molar refractivity (Wildman–Crippen MR) is 116 cm³/mol. The lowest BCUT2D eigenvalue weighted by Gasteiger charge is -2.27. The average Bonchev–Trinajstić information content (AvgIpc) is 3.73. The van der Waals surface area contributed by atoms with Crippen LogP contribution in [0, 0.1) is 5.92 Å². The highest BCUT2D eigenvalue weighted by Gasteiger charge is 2.47. The molecule has 0 saturated heterocycles. The maximum Gasteiger partial charge on any atom is 0.256 e. The van der Waals surface area contributed by atoms with Gasteiger partial charge in [0.05, 0.1) is 11.0 Å². The Bertz CT molecular complexity index is 1130. The summed E-state index contributed by atoms with van der Waals surface area (Å²) < 4.78 is 5.72. The van der Waals surface area contributed by atoms with Crippen LogP contribution in [0.5, 0.6) is 0 Å². The zero-order valence-corrected chi connectivity index (χ0v) is 17.5. The molecule has 2 aromatic heterocycles. The number of hydrogen-bond acceptors (Lipinski definition) is 8. The summed E-state index contributed by atoms with van der Waals surface area (Å²) in [5.41, 5.74) is 13.0. The van der Waals surface area contributed by atoms with Gasteiger partial charge in [0.15, 0.2) is 5.82 Å². The van der Waals surface area contributed by atoms with Crippen molar-refractivity contribution in [1.82, 2.24) is 30.5 Å². The Labute approximate surface area is 180 Å². The van der Waals surface area contributed by atoms with E-state index in [9.17, 15) is 0 Å². The Morgan fingerprint density at radius 3 is 2.48 bits per heavy atom. The number of hydrogen-bond donors (Lipinski definition) is 2. The van der Waals surface area contributed by atoms with E-state index in [1.165, 1.54) is 31.2 Å². The molecule has 6 rings (SSSR count). The zero-order valence-electron chi connectivity index (χ0n) is 17.5. The molecule has 3 aliphatic rings. The molecule has 158 valence electrons. The second kappa shape index (κ2) is 6.88. The van der Waals surface area contributed by atoms with Gasteiger partial charge in [-0.25, -0.2) is 15.4 Å². The van der Waals surface area contributed by atoms with Gasteiger partial charge in [-0.3, -0.25) is 0 Å². The SMILES string of the molecule is C[C@@](c1ccc(-c2cnc(N)nc2)cc1)(c1noc(C2=CN(C3CC3)NC2)n1)C1CC1. The van der Waals surface area contributed by atoms with Crippen LogP contribution in [0.3, 0.4) is 0 Å². The zero-order chi connectivity index (χ0) is 21.0. The second-order valence-corrected chi connectivity index (χ2v) is 8.93. The first-order valence-corrected chi connectivity index (χ1v) is 10.9. The third kappa shape index (κ3) is 3.27. The van der Waals surface area contributed by atoms with Crippen molar-refractivity contribution in [3.8, 4) is 11.1 Å². The van der Waals surface area contributed by atoms with Gasteiger partial charge in [0.25, 0.3) is 5.89 Å². The lowest BCUT2D eigenvalue weighted by atomic mass is 9.76. The summed E-state index contributed by atoms with van der Waals surface area (Å²) >= 11 is 0. The van der Waals surface area contributed by atoms with E-state index in [4.69, 9.17) is 15.2 Å². The first kappa shape index (κ1) is 18.5. The maximum absolute atomic E-state index is 5.72. The maximum atomic E-state index is 5.72. The number of benzene rings is 1. The van der Waals surface area contributed by atoms with Crippen LogP contribution < -0.4 is 11.2 Å². The van der Waals surface area contributed by atoms with E-state index in [-0.39, 0.29) is 11.4 Å². The Hall–Kier alpha value is -3.26. The second-order valence-electron chi connectivity index (χ2n) is 8.93. The van der Waals surface area contributed by atoms with Gasteiger partial charge in [0.1, 0.15) is 0 Å². The van der Waals surface area contributed by atoms with E-state index >= 15 is 0 Å². The summed E-state index contributed by atoms with van der Waals surface area (Å²) in [6.07, 6.45) is 10.4. The Balaban J connectivity index is 1.30. The van der Waals surface area contributed by atoms with Crippen molar-refractivity contribution in [2.24, 2.45) is 5.92 Å². The predicted octanol–water partition coefficient (Wildman–Crippen LogP) is 3.15. The van der Waals surface area contributed by atoms with Crippen molar-refractivity contribution in [1.29, 1.82) is 0 Å². The standard InChI is InChI=1S/C23H25N7O/c1-23(18-6-7-18,17-4-2-14(3-5-17)15-10-25-22(24)26-11-15)21-28-20(31-29-21)16-12-27-30(13-16)19-8-9-19/h2-5,10-11,13,18-19,27H,6-9,12H2,1H3,(H2,24,25,26)/t23-/m0/s1. The van der Waals surface area contributed by atoms with E-state index in [0.717, 1.165) is 29.1 Å². The van der Waals surface area contributed by atoms with E-state index in [0.29, 0.717) is 17.9 Å². The van der Waals surface area contributed by atoms with Crippen molar-refractivity contribution in [3.05, 3.63) is 60.1 Å². The molecule has 0 unspecified atom stereocenters. The molecular formula is C23H25N7O. The number of nitrogens with zero attached hydrogens (tertiary/aromatic N) is 5. The fourth-order valence-corrected chi connectivity index (χ4v) is 4.42. The molecule has 0 spiro atoms. The quantitative estimate of drug-likeness (QED) is 0.632. The molecule has 0 radical (unpaired) electrons. The number of nitrogens with one attached hydrogen (secondary N) is 1. The highest BCUT2D eigenvalue weighted by molar-refractivity contribution is 5.63. The average molecular weight is 416 g/mol. The monoisotopic (exact) mass is 415 g/mol. The summed E-state index contributed by atoms with van der Waals surface area (Å²) in [5, 5.41) is 6.62. The Morgan fingerprint density at radius 1 is 1.06 bits per heavy atom. The fourth-order valence-electron chi connectivity index (χ4n) is 4.42. The van der Waals surface area contributed by atoms with E-state index in [2.05, 4.69) is 62.9 Å². The molecule has 8 nitrogen and oxygen atoms in total. The van der Waals surface area contributed by atoms with Crippen LogP contribution in [0.2, 0.25) is 0 Å². The number of hydrazine groups is 1. The third-order valence-electron chi connectivity index (χ3n) is 6.74. The van der Waals surface area contributed by atoms with Gasteiger partial charge in [-0.05, 0) is 49.7 Å². The van der Waals surface area contributed by atoms with E-state index in [1.807, 2.05) is 0 Å². The smallest absolute Gasteiger partial charge is 0.256 e. The summed E-state index contributed by atoms with van der Waals surface area (Å²) in [4.78, 5) is 13.0. The molecular weight excluding hydrogens is 390 g/mol. The molecule has 0 bridgehead atoms. The van der Waals surface area contributed by atoms with Crippen LogP contribution in [0.1, 0.15) is 49.9 Å². The minimum absolute atomic E-state index is 0.277. The van der Waals surface area contributed by atoms with Gasteiger partial charge in [0.2, 0.25) is 5.95 Å². The van der Waals surface area contributed by atoms with Gasteiger partial charge in [0, 0.05) is 36.7 Å². The van der Waals surface area contributed by atoms with Crippen LogP contribution >= 0.6 is 0 Å². The third-order valence-corrected chi connectivity index (χ3v) is 6.74. The van der Waals surface area contributed by atoms with Crippen LogP contribution in [0.15, 0.2) is 47.4 Å².